The molecule has 1 aromatic heterocycles. The minimum Gasteiger partial charge on any atom is -0.479 e. The number of aliphatic carboxylic acids is 1. The van der Waals surface area contributed by atoms with E-state index in [0.717, 1.165) is 5.56 Å². The summed E-state index contributed by atoms with van der Waals surface area (Å²) in [6, 6.07) is 16.8. The van der Waals surface area contributed by atoms with Crippen molar-refractivity contribution in [1.82, 2.24) is 10.3 Å². The molecule has 3 aromatic rings. The summed E-state index contributed by atoms with van der Waals surface area (Å²) in [7, 11) is 0. The lowest BCUT2D eigenvalue weighted by atomic mass is 10.1. The van der Waals surface area contributed by atoms with Gasteiger partial charge in [-0.3, -0.25) is 4.79 Å². The smallest absolute Gasteiger partial charge is 0.330 e. The first kappa shape index (κ1) is 16.4. The molecule has 2 N–H and O–H groups in total. The van der Waals surface area contributed by atoms with Crippen LogP contribution in [0.5, 0.6) is 0 Å². The van der Waals surface area contributed by atoms with Gasteiger partial charge >= 0.3 is 5.97 Å². The van der Waals surface area contributed by atoms with Gasteiger partial charge in [0.25, 0.3) is 0 Å². The molecule has 0 aliphatic rings. The summed E-state index contributed by atoms with van der Waals surface area (Å²) in [6.07, 6.45) is 1.34. The van der Waals surface area contributed by atoms with E-state index in [4.69, 9.17) is 4.42 Å². The molecule has 25 heavy (non-hydrogen) atoms. The van der Waals surface area contributed by atoms with Gasteiger partial charge in [0, 0.05) is 5.56 Å². The molecule has 0 saturated carbocycles. The van der Waals surface area contributed by atoms with Crippen LogP contribution in [0.1, 0.15) is 17.3 Å². The highest BCUT2D eigenvalue weighted by atomic mass is 16.4. The van der Waals surface area contributed by atoms with Gasteiger partial charge in [-0.25, -0.2) is 9.78 Å². The van der Waals surface area contributed by atoms with Gasteiger partial charge in [-0.1, -0.05) is 48.5 Å². The maximum absolute atomic E-state index is 12.2. The SMILES string of the molecule is O=C(Cc1coc(-c2ccccc2)n1)N[C@@H](C(=O)O)c1ccccc1. The van der Waals surface area contributed by atoms with E-state index in [-0.39, 0.29) is 6.42 Å². The minimum atomic E-state index is -1.12. The van der Waals surface area contributed by atoms with E-state index in [9.17, 15) is 14.7 Å². The normalized spacial score (nSPS) is 11.7. The lowest BCUT2D eigenvalue weighted by Crippen LogP contribution is -2.34. The number of nitrogens with zero attached hydrogens (tertiary/aromatic N) is 1. The number of carboxylic acid groups (broad SMARTS) is 1. The van der Waals surface area contributed by atoms with Gasteiger partial charge < -0.3 is 14.8 Å². The fourth-order valence-electron chi connectivity index (χ4n) is 2.41. The predicted molar refractivity (Wildman–Crippen MR) is 90.6 cm³/mol. The third-order valence-electron chi connectivity index (χ3n) is 3.60. The number of hydrogen-bond acceptors (Lipinski definition) is 4. The van der Waals surface area contributed by atoms with Gasteiger partial charge in [0.15, 0.2) is 6.04 Å². The molecule has 0 unspecified atom stereocenters. The van der Waals surface area contributed by atoms with Crippen molar-refractivity contribution in [3.05, 3.63) is 78.2 Å². The van der Waals surface area contributed by atoms with Gasteiger partial charge in [-0.2, -0.15) is 0 Å². The number of amides is 1. The van der Waals surface area contributed by atoms with Crippen LogP contribution in [0.3, 0.4) is 0 Å². The van der Waals surface area contributed by atoms with Crippen molar-refractivity contribution in [1.29, 1.82) is 0 Å². The van der Waals surface area contributed by atoms with Crippen molar-refractivity contribution in [3.8, 4) is 11.5 Å². The Balaban J connectivity index is 1.68. The molecule has 6 heteroatoms. The second-order valence-corrected chi connectivity index (χ2v) is 5.44. The molecule has 2 aromatic carbocycles. The Morgan fingerprint density at radius 3 is 2.32 bits per heavy atom. The Morgan fingerprint density at radius 1 is 1.04 bits per heavy atom. The Labute approximate surface area is 144 Å². The lowest BCUT2D eigenvalue weighted by Gasteiger charge is -2.14. The highest BCUT2D eigenvalue weighted by Crippen LogP contribution is 2.18. The van der Waals surface area contributed by atoms with Crippen LogP contribution in [0, 0.1) is 0 Å². The van der Waals surface area contributed by atoms with Crippen molar-refractivity contribution in [2.24, 2.45) is 0 Å². The quantitative estimate of drug-likeness (QED) is 0.722. The highest BCUT2D eigenvalue weighted by molar-refractivity contribution is 5.85. The van der Waals surface area contributed by atoms with Crippen molar-refractivity contribution in [2.75, 3.05) is 0 Å². The average molecular weight is 336 g/mol. The van der Waals surface area contributed by atoms with Crippen LogP contribution < -0.4 is 5.32 Å². The largest absolute Gasteiger partial charge is 0.479 e. The van der Waals surface area contributed by atoms with Crippen LogP contribution >= 0.6 is 0 Å². The molecular formula is C19H16N2O4. The van der Waals surface area contributed by atoms with Crippen molar-refractivity contribution >= 4 is 11.9 Å². The zero-order valence-corrected chi connectivity index (χ0v) is 13.3. The van der Waals surface area contributed by atoms with Gasteiger partial charge in [0.05, 0.1) is 12.1 Å². The number of nitrogens with one attached hydrogen (secondary N) is 1. The molecule has 3 rings (SSSR count). The molecule has 0 aliphatic heterocycles. The van der Waals surface area contributed by atoms with Gasteiger partial charge in [0.2, 0.25) is 11.8 Å². The van der Waals surface area contributed by atoms with Crippen LogP contribution in [0.4, 0.5) is 0 Å². The summed E-state index contributed by atoms with van der Waals surface area (Å²) < 4.78 is 5.38. The van der Waals surface area contributed by atoms with E-state index in [1.807, 2.05) is 30.3 Å². The minimum absolute atomic E-state index is 0.0626. The third-order valence-corrected chi connectivity index (χ3v) is 3.60. The molecule has 0 bridgehead atoms. The maximum Gasteiger partial charge on any atom is 0.330 e. The zero-order valence-electron chi connectivity index (χ0n) is 13.3. The molecule has 1 atom stereocenters. The number of hydrogen-bond donors (Lipinski definition) is 2. The van der Waals surface area contributed by atoms with Gasteiger partial charge in [-0.05, 0) is 17.7 Å². The molecule has 0 aliphatic carbocycles. The van der Waals surface area contributed by atoms with Crippen LogP contribution in [0.2, 0.25) is 0 Å². The van der Waals surface area contributed by atoms with E-state index in [1.54, 1.807) is 30.3 Å². The topological polar surface area (TPSA) is 92.4 Å². The number of carboxylic acids is 1. The molecule has 0 spiro atoms. The Morgan fingerprint density at radius 2 is 1.68 bits per heavy atom. The number of aromatic nitrogens is 1. The fourth-order valence-corrected chi connectivity index (χ4v) is 2.41. The first-order valence-corrected chi connectivity index (χ1v) is 7.70. The zero-order chi connectivity index (χ0) is 17.6. The van der Waals surface area contributed by atoms with Crippen molar-refractivity contribution < 1.29 is 19.1 Å². The number of oxazole rings is 1. The summed E-state index contributed by atoms with van der Waals surface area (Å²) in [5.41, 5.74) is 1.75. The highest BCUT2D eigenvalue weighted by Gasteiger charge is 2.22. The standard InChI is InChI=1S/C19H16N2O4/c22-16(21-17(19(23)24)13-7-3-1-4-8-13)11-15-12-25-18(20-15)14-9-5-2-6-10-14/h1-10,12,17H,11H2,(H,21,22)(H,23,24)/t17-/m1/s1. The Kier molecular flexibility index (Phi) is 4.89. The Hall–Kier alpha value is -3.41. The second-order valence-electron chi connectivity index (χ2n) is 5.44. The van der Waals surface area contributed by atoms with Crippen LogP contribution in [0.15, 0.2) is 71.3 Å². The van der Waals surface area contributed by atoms with Crippen molar-refractivity contribution in [3.63, 3.8) is 0 Å². The number of carbonyl (C=O) groups excluding carboxylic acids is 1. The van der Waals surface area contributed by atoms with Crippen LogP contribution in [-0.4, -0.2) is 22.0 Å². The van der Waals surface area contributed by atoms with Crippen LogP contribution in [-0.2, 0) is 16.0 Å². The molecular weight excluding hydrogens is 320 g/mol. The molecule has 0 saturated heterocycles. The maximum atomic E-state index is 12.2. The molecule has 0 fully saturated rings. The van der Waals surface area contributed by atoms with Crippen LogP contribution in [0.25, 0.3) is 11.5 Å². The summed E-state index contributed by atoms with van der Waals surface area (Å²) in [5.74, 6) is -1.14. The summed E-state index contributed by atoms with van der Waals surface area (Å²) in [6.45, 7) is 0. The fraction of sp³-hybridized carbons (Fsp3) is 0.105. The third kappa shape index (κ3) is 4.11. The average Bonchev–Trinajstić information content (AvgIpc) is 3.09. The number of carbonyl (C=O) groups is 2. The van der Waals surface area contributed by atoms with E-state index in [2.05, 4.69) is 10.3 Å². The second kappa shape index (κ2) is 7.44. The first-order valence-electron chi connectivity index (χ1n) is 7.70. The van der Waals surface area contributed by atoms with E-state index in [0.29, 0.717) is 17.1 Å². The molecule has 1 heterocycles. The number of benzene rings is 2. The number of rotatable bonds is 6. The lowest BCUT2D eigenvalue weighted by molar-refractivity contribution is -0.142. The molecule has 6 nitrogen and oxygen atoms in total. The predicted octanol–water partition coefficient (Wildman–Crippen LogP) is 2.83. The summed E-state index contributed by atoms with van der Waals surface area (Å²) in [5, 5.41) is 11.9. The van der Waals surface area contributed by atoms with Crippen molar-refractivity contribution in [2.45, 2.75) is 12.5 Å². The van der Waals surface area contributed by atoms with E-state index >= 15 is 0 Å². The van der Waals surface area contributed by atoms with E-state index < -0.39 is 17.9 Å². The van der Waals surface area contributed by atoms with E-state index in [1.165, 1.54) is 6.26 Å². The summed E-state index contributed by atoms with van der Waals surface area (Å²) >= 11 is 0. The summed E-state index contributed by atoms with van der Waals surface area (Å²) in [4.78, 5) is 27.9. The monoisotopic (exact) mass is 336 g/mol. The molecule has 1 amide bonds. The van der Waals surface area contributed by atoms with Gasteiger partial charge in [-0.15, -0.1) is 0 Å². The first-order chi connectivity index (χ1) is 12.1. The molecule has 0 radical (unpaired) electrons. The van der Waals surface area contributed by atoms with Gasteiger partial charge in [0.1, 0.15) is 6.26 Å². The Bertz CT molecular complexity index is 859. The molecule has 126 valence electrons.